The first-order valence-electron chi connectivity index (χ1n) is 24.4. The molecule has 0 aliphatic carbocycles. The van der Waals surface area contributed by atoms with Gasteiger partial charge in [0.15, 0.2) is 17.7 Å². The highest BCUT2D eigenvalue weighted by atomic mass is 16.5. The summed E-state index contributed by atoms with van der Waals surface area (Å²) < 4.78 is 38.0. The number of carbonyl (C=O) groups is 3. The number of likely N-dealkylation sites (N-methyl/N-ethyl adjacent to an activating group) is 1. The molecule has 0 saturated heterocycles. The number of rotatable bonds is 20. The number of methoxy groups -OCH3 is 2. The molecule has 70 heavy (non-hydrogen) atoms. The van der Waals surface area contributed by atoms with E-state index in [1.54, 1.807) is 13.2 Å². The maximum Gasteiger partial charge on any atom is 0.305 e. The van der Waals surface area contributed by atoms with Crippen molar-refractivity contribution in [2.24, 2.45) is 0 Å². The standard InChI is InChI=1S/C56H64N5O9/c1-7-20-67-22-23-68-21-19-59(18-12-17-54(62)66-6)42-26-38(35-69-51-31-49-45(24-37(51)2)55(63)60-43(33-57(49)3)28-40-13-8-10-15-47(40)60)25-39(27-42)36-70-53-32-50-46(30-52(53)65-5)56(64)61-44(34-58(50)4)29-41-14-9-11-16-48(41)61/h8-11,13-16,24-27,30-33,43-44H,7,12,17-23,28-29,34-36H2,1-6H3/q+1/t43-,44-/m0/s1. The Labute approximate surface area is 410 Å². The highest BCUT2D eigenvalue weighted by Crippen LogP contribution is 2.43. The fourth-order valence-corrected chi connectivity index (χ4v) is 10.2. The lowest BCUT2D eigenvalue weighted by atomic mass is 10.1. The van der Waals surface area contributed by atoms with Gasteiger partial charge >= 0.3 is 5.97 Å². The van der Waals surface area contributed by atoms with E-state index < -0.39 is 0 Å². The Balaban J connectivity index is 1.00. The van der Waals surface area contributed by atoms with Crippen molar-refractivity contribution in [3.8, 4) is 17.2 Å². The second-order valence-electron chi connectivity index (χ2n) is 18.5. The molecule has 5 aromatic carbocycles. The third-order valence-corrected chi connectivity index (χ3v) is 13.7. The molecule has 9 rings (SSSR count). The van der Waals surface area contributed by atoms with Crippen LogP contribution in [0.15, 0.2) is 91.0 Å². The van der Waals surface area contributed by atoms with Crippen LogP contribution in [0.4, 0.5) is 28.4 Å². The van der Waals surface area contributed by atoms with Gasteiger partial charge in [0, 0.05) is 69.3 Å². The summed E-state index contributed by atoms with van der Waals surface area (Å²) in [5.41, 5.74) is 10.5. The Morgan fingerprint density at radius 2 is 1.40 bits per heavy atom. The molecule has 4 aliphatic rings. The monoisotopic (exact) mass is 950 g/mol. The Morgan fingerprint density at radius 3 is 2.11 bits per heavy atom. The van der Waals surface area contributed by atoms with E-state index in [-0.39, 0.29) is 49.5 Å². The lowest BCUT2D eigenvalue weighted by molar-refractivity contribution is -0.401. The summed E-state index contributed by atoms with van der Waals surface area (Å²) in [5.74, 6) is 1.29. The lowest BCUT2D eigenvalue weighted by Gasteiger charge is -2.26. The third kappa shape index (κ3) is 10.1. The smallest absolute Gasteiger partial charge is 0.305 e. The van der Waals surface area contributed by atoms with Crippen molar-refractivity contribution in [3.63, 3.8) is 0 Å². The van der Waals surface area contributed by atoms with Crippen molar-refractivity contribution in [3.05, 3.63) is 130 Å². The fourth-order valence-electron chi connectivity index (χ4n) is 10.2. The molecule has 4 aliphatic heterocycles. The van der Waals surface area contributed by atoms with Gasteiger partial charge in [0.1, 0.15) is 37.6 Å². The van der Waals surface area contributed by atoms with Gasteiger partial charge in [0.05, 0.1) is 57.4 Å². The summed E-state index contributed by atoms with van der Waals surface area (Å²) in [6.45, 7) is 8.37. The molecule has 0 fully saturated rings. The number of hydrogen-bond donors (Lipinski definition) is 0. The molecule has 2 atom stereocenters. The summed E-state index contributed by atoms with van der Waals surface area (Å²) in [6, 6.07) is 30.0. The molecular weight excluding hydrogens is 887 g/mol. The molecule has 14 heteroatoms. The van der Waals surface area contributed by atoms with Crippen LogP contribution in [0.3, 0.4) is 0 Å². The maximum absolute atomic E-state index is 14.3. The van der Waals surface area contributed by atoms with Gasteiger partial charge < -0.3 is 43.1 Å². The van der Waals surface area contributed by atoms with Gasteiger partial charge in [-0.1, -0.05) is 43.3 Å². The van der Waals surface area contributed by atoms with Gasteiger partial charge in [0.2, 0.25) is 5.69 Å². The maximum atomic E-state index is 14.3. The van der Waals surface area contributed by atoms with E-state index in [0.717, 1.165) is 70.0 Å². The van der Waals surface area contributed by atoms with E-state index in [9.17, 15) is 14.4 Å². The SMILES string of the molecule is CCCOCCOCCN(CCCC(=O)OC)c1cc(COc2cc3c(cc2C)C(=O)N2c4ccccc4C[C@H]2C=[N+]3C)cc(COc2cc3c(cc2OC)C(=O)N2c4ccccc4C[C@H]2CN3C)c1. The molecule has 4 heterocycles. The highest BCUT2D eigenvalue weighted by Gasteiger charge is 2.41. The van der Waals surface area contributed by atoms with Crippen LogP contribution < -0.4 is 33.8 Å². The van der Waals surface area contributed by atoms with Gasteiger partial charge in [-0.25, -0.2) is 4.58 Å². The van der Waals surface area contributed by atoms with Gasteiger partial charge in [-0.2, -0.15) is 0 Å². The van der Waals surface area contributed by atoms with Crippen LogP contribution in [0.5, 0.6) is 17.2 Å². The number of carbonyl (C=O) groups excluding carboxylic acids is 3. The number of para-hydroxylation sites is 2. The Morgan fingerprint density at radius 1 is 0.729 bits per heavy atom. The number of nitrogens with zero attached hydrogens (tertiary/aromatic N) is 5. The molecule has 0 aromatic heterocycles. The van der Waals surface area contributed by atoms with Gasteiger partial charge in [-0.3, -0.25) is 19.3 Å². The first-order chi connectivity index (χ1) is 34.0. The molecule has 5 aromatic rings. The zero-order valence-electron chi connectivity index (χ0n) is 41.2. The zero-order valence-corrected chi connectivity index (χ0v) is 41.2. The van der Waals surface area contributed by atoms with E-state index in [0.29, 0.717) is 80.9 Å². The minimum absolute atomic E-state index is 0.00333. The van der Waals surface area contributed by atoms with E-state index in [1.165, 1.54) is 12.7 Å². The molecule has 0 spiro atoms. The van der Waals surface area contributed by atoms with Crippen LogP contribution in [0, 0.1) is 6.92 Å². The van der Waals surface area contributed by atoms with Crippen molar-refractivity contribution in [2.45, 2.75) is 71.2 Å². The highest BCUT2D eigenvalue weighted by molar-refractivity contribution is 6.14. The number of amides is 2. The van der Waals surface area contributed by atoms with Crippen LogP contribution in [-0.2, 0) is 45.1 Å². The minimum atomic E-state index is -0.265. The first kappa shape index (κ1) is 48.1. The second-order valence-corrected chi connectivity index (χ2v) is 18.5. The Bertz CT molecular complexity index is 2790. The van der Waals surface area contributed by atoms with E-state index in [2.05, 4.69) is 53.3 Å². The average molecular weight is 951 g/mol. The number of hydrogen-bond acceptors (Lipinski definition) is 11. The average Bonchev–Trinajstić information content (AvgIpc) is 3.87. The van der Waals surface area contributed by atoms with Gasteiger partial charge in [-0.05, 0) is 96.5 Å². The topological polar surface area (TPSA) is 123 Å². The molecule has 0 radical (unpaired) electrons. The predicted molar refractivity (Wildman–Crippen MR) is 271 cm³/mol. The number of anilines is 4. The molecule has 2 amide bonds. The second kappa shape index (κ2) is 21.4. The van der Waals surface area contributed by atoms with Gasteiger partial charge in [0.25, 0.3) is 11.8 Å². The van der Waals surface area contributed by atoms with Crippen molar-refractivity contribution in [1.29, 1.82) is 0 Å². The first-order valence-corrected chi connectivity index (χ1v) is 24.4. The van der Waals surface area contributed by atoms with Crippen LogP contribution >= 0.6 is 0 Å². The summed E-state index contributed by atoms with van der Waals surface area (Å²) in [5, 5.41) is 0. The lowest BCUT2D eigenvalue weighted by Crippen LogP contribution is -2.41. The summed E-state index contributed by atoms with van der Waals surface area (Å²) >= 11 is 0. The predicted octanol–water partition coefficient (Wildman–Crippen LogP) is 8.32. The summed E-state index contributed by atoms with van der Waals surface area (Å²) in [6.07, 6.45) is 5.46. The summed E-state index contributed by atoms with van der Waals surface area (Å²) in [7, 11) is 7.00. The molecule has 366 valence electrons. The van der Waals surface area contributed by atoms with Crippen molar-refractivity contribution >= 4 is 52.4 Å². The Kier molecular flexibility index (Phi) is 14.7. The minimum Gasteiger partial charge on any atom is -0.493 e. The fraction of sp³-hybridized carbons (Fsp3) is 0.393. The van der Waals surface area contributed by atoms with Crippen molar-refractivity contribution in [1.82, 2.24) is 0 Å². The van der Waals surface area contributed by atoms with E-state index in [4.69, 9.17) is 28.4 Å². The Hall–Kier alpha value is -6.90. The molecular formula is C56H64N5O9+. The molecule has 0 N–H and O–H groups in total. The number of aryl methyl sites for hydroxylation is 1. The van der Waals surface area contributed by atoms with Crippen molar-refractivity contribution in [2.75, 3.05) is 94.0 Å². The molecule has 0 bridgehead atoms. The van der Waals surface area contributed by atoms with Crippen molar-refractivity contribution < 1.29 is 47.4 Å². The molecule has 14 nitrogen and oxygen atoms in total. The van der Waals surface area contributed by atoms with E-state index >= 15 is 0 Å². The molecule has 0 saturated carbocycles. The molecule has 0 unspecified atom stereocenters. The number of fused-ring (bicyclic) bond motifs is 8. The number of esters is 1. The van der Waals surface area contributed by atoms with Crippen LogP contribution in [0.25, 0.3) is 0 Å². The van der Waals surface area contributed by atoms with Crippen LogP contribution in [0.2, 0.25) is 0 Å². The van der Waals surface area contributed by atoms with Crippen LogP contribution in [0.1, 0.15) is 74.7 Å². The number of ether oxygens (including phenoxy) is 6. The zero-order chi connectivity index (χ0) is 48.9. The summed E-state index contributed by atoms with van der Waals surface area (Å²) in [4.78, 5) is 49.0. The van der Waals surface area contributed by atoms with Crippen LogP contribution in [-0.4, -0.2) is 115 Å². The third-order valence-electron chi connectivity index (χ3n) is 13.7. The number of benzene rings is 5. The largest absolute Gasteiger partial charge is 0.493 e. The van der Waals surface area contributed by atoms with E-state index in [1.807, 2.05) is 90.0 Å². The quantitative estimate of drug-likeness (QED) is 0.0426. The van der Waals surface area contributed by atoms with Gasteiger partial charge in [-0.15, -0.1) is 0 Å². The normalized spacial score (nSPS) is 16.5.